The van der Waals surface area contributed by atoms with Gasteiger partial charge in [-0.2, -0.15) is 5.10 Å². The average molecular weight is 236 g/mol. The van der Waals surface area contributed by atoms with Crippen LogP contribution in [0.2, 0.25) is 0 Å². The standard InChI is InChI=1S/C6H12N4O4S/c1-15(8,14)3-2-4(5(11)12)9-10-6(7)13/h8H,2-3H2,1H3,(H,11,12)(H3,7,10,13)/b9-4-. The third kappa shape index (κ3) is 7.43. The highest BCUT2D eigenvalue weighted by atomic mass is 32.2. The molecule has 15 heavy (non-hydrogen) atoms. The molecule has 0 bridgehead atoms. The Balaban J connectivity index is 4.49. The van der Waals surface area contributed by atoms with Crippen LogP contribution in [0.4, 0.5) is 4.79 Å². The van der Waals surface area contributed by atoms with Crippen molar-refractivity contribution in [3.63, 3.8) is 0 Å². The van der Waals surface area contributed by atoms with Gasteiger partial charge in [-0.3, -0.25) is 8.99 Å². The van der Waals surface area contributed by atoms with Gasteiger partial charge in [-0.25, -0.2) is 15.0 Å². The Morgan fingerprint density at radius 1 is 1.60 bits per heavy atom. The van der Waals surface area contributed by atoms with Gasteiger partial charge in [0.05, 0.1) is 0 Å². The monoisotopic (exact) mass is 236 g/mol. The van der Waals surface area contributed by atoms with Gasteiger partial charge in [-0.1, -0.05) is 0 Å². The highest BCUT2D eigenvalue weighted by molar-refractivity contribution is 7.91. The minimum Gasteiger partial charge on any atom is -0.477 e. The van der Waals surface area contributed by atoms with Crippen molar-refractivity contribution in [1.82, 2.24) is 5.43 Å². The van der Waals surface area contributed by atoms with Crippen molar-refractivity contribution in [3.05, 3.63) is 0 Å². The molecule has 1 atom stereocenters. The van der Waals surface area contributed by atoms with E-state index < -0.39 is 27.4 Å². The van der Waals surface area contributed by atoms with Gasteiger partial charge in [0.25, 0.3) is 0 Å². The number of hydrogen-bond donors (Lipinski definition) is 4. The number of nitrogens with two attached hydrogens (primary N) is 1. The summed E-state index contributed by atoms with van der Waals surface area (Å²) in [5.41, 5.74) is 6.04. The van der Waals surface area contributed by atoms with Crippen LogP contribution >= 0.6 is 0 Å². The normalized spacial score (nSPS) is 15.4. The Kier molecular flexibility index (Phi) is 4.71. The number of hydrogen-bond acceptors (Lipinski definition) is 5. The van der Waals surface area contributed by atoms with Crippen molar-refractivity contribution in [3.8, 4) is 0 Å². The number of nitrogens with zero attached hydrogens (tertiary/aromatic N) is 1. The number of carboxylic acid groups (broad SMARTS) is 1. The van der Waals surface area contributed by atoms with Gasteiger partial charge in [-0.05, 0) is 0 Å². The summed E-state index contributed by atoms with van der Waals surface area (Å²) in [7, 11) is -2.78. The van der Waals surface area contributed by atoms with Crippen molar-refractivity contribution >= 4 is 27.4 Å². The molecule has 2 amide bonds. The molecular weight excluding hydrogens is 224 g/mol. The van der Waals surface area contributed by atoms with Crippen LogP contribution in [0.1, 0.15) is 6.42 Å². The zero-order chi connectivity index (χ0) is 12.1. The summed E-state index contributed by atoms with van der Waals surface area (Å²) in [5, 5.41) is 11.8. The van der Waals surface area contributed by atoms with E-state index in [1.807, 2.05) is 0 Å². The first-order valence-electron chi connectivity index (χ1n) is 3.79. The van der Waals surface area contributed by atoms with Crippen molar-refractivity contribution < 1.29 is 18.9 Å². The van der Waals surface area contributed by atoms with E-state index >= 15 is 0 Å². The number of urea groups is 1. The fourth-order valence-electron chi connectivity index (χ4n) is 0.625. The van der Waals surface area contributed by atoms with Crippen LogP contribution in [0.15, 0.2) is 5.10 Å². The second-order valence-corrected chi connectivity index (χ2v) is 5.22. The van der Waals surface area contributed by atoms with Gasteiger partial charge in [0.2, 0.25) is 0 Å². The van der Waals surface area contributed by atoms with Crippen LogP contribution in [0.3, 0.4) is 0 Å². The summed E-state index contributed by atoms with van der Waals surface area (Å²) in [6.07, 6.45) is 1.02. The zero-order valence-corrected chi connectivity index (χ0v) is 8.84. The largest absolute Gasteiger partial charge is 0.477 e. The molecule has 0 aromatic rings. The highest BCUT2D eigenvalue weighted by Crippen LogP contribution is 1.94. The number of nitrogens with one attached hydrogen (secondary N) is 2. The van der Waals surface area contributed by atoms with Crippen LogP contribution < -0.4 is 11.2 Å². The van der Waals surface area contributed by atoms with Crippen molar-refractivity contribution in [2.75, 3.05) is 12.0 Å². The number of hydrazone groups is 1. The molecule has 0 rings (SSSR count). The van der Waals surface area contributed by atoms with Gasteiger partial charge >= 0.3 is 12.0 Å². The predicted molar refractivity (Wildman–Crippen MR) is 54.1 cm³/mol. The summed E-state index contributed by atoms with van der Waals surface area (Å²) < 4.78 is 18.0. The maximum atomic E-state index is 11.0. The van der Waals surface area contributed by atoms with E-state index in [0.29, 0.717) is 0 Å². The molecule has 5 N–H and O–H groups in total. The van der Waals surface area contributed by atoms with Crippen LogP contribution in [-0.2, 0) is 14.5 Å². The van der Waals surface area contributed by atoms with E-state index in [-0.39, 0.29) is 12.2 Å². The first-order valence-corrected chi connectivity index (χ1v) is 5.92. The van der Waals surface area contributed by atoms with E-state index in [4.69, 9.17) is 9.89 Å². The van der Waals surface area contributed by atoms with Gasteiger partial charge < -0.3 is 10.8 Å². The SMILES string of the molecule is CS(=N)(=O)CC/C(=N/NC(N)=O)C(=O)O. The van der Waals surface area contributed by atoms with E-state index in [1.54, 1.807) is 5.43 Å². The summed E-state index contributed by atoms with van der Waals surface area (Å²) >= 11 is 0. The first kappa shape index (κ1) is 13.4. The maximum absolute atomic E-state index is 11.0. The lowest BCUT2D eigenvalue weighted by Crippen LogP contribution is -2.28. The topological polar surface area (TPSA) is 146 Å². The molecule has 0 aliphatic heterocycles. The Bertz CT molecular complexity index is 386. The Labute approximate surface area is 86.5 Å². The van der Waals surface area contributed by atoms with Crippen molar-refractivity contribution in [2.45, 2.75) is 6.42 Å². The van der Waals surface area contributed by atoms with Crippen LogP contribution in [-0.4, -0.2) is 39.0 Å². The van der Waals surface area contributed by atoms with Gasteiger partial charge in [0, 0.05) is 28.2 Å². The maximum Gasteiger partial charge on any atom is 0.352 e. The van der Waals surface area contributed by atoms with E-state index in [0.717, 1.165) is 0 Å². The summed E-state index contributed by atoms with van der Waals surface area (Å²) in [6, 6.07) is -0.989. The van der Waals surface area contributed by atoms with Crippen LogP contribution in [0, 0.1) is 4.78 Å². The summed E-state index contributed by atoms with van der Waals surface area (Å²) in [5.74, 6) is -1.49. The fourth-order valence-corrected chi connectivity index (χ4v) is 1.21. The van der Waals surface area contributed by atoms with E-state index in [2.05, 4.69) is 10.8 Å². The lowest BCUT2D eigenvalue weighted by Gasteiger charge is -2.01. The molecule has 8 nitrogen and oxygen atoms in total. The third-order valence-corrected chi connectivity index (χ3v) is 2.26. The lowest BCUT2D eigenvalue weighted by atomic mass is 10.3. The Morgan fingerprint density at radius 2 is 2.13 bits per heavy atom. The number of primary amides is 1. The number of carboxylic acids is 1. The number of rotatable bonds is 5. The lowest BCUT2D eigenvalue weighted by molar-refractivity contribution is -0.129. The molecule has 0 radical (unpaired) electrons. The number of amides is 2. The molecule has 1 unspecified atom stereocenters. The molecule has 0 aromatic carbocycles. The van der Waals surface area contributed by atoms with Crippen molar-refractivity contribution in [2.24, 2.45) is 10.8 Å². The molecule has 0 spiro atoms. The molecule has 86 valence electrons. The first-order chi connectivity index (χ1) is 6.72. The van der Waals surface area contributed by atoms with Gasteiger partial charge in [0.15, 0.2) is 0 Å². The molecular formula is C6H12N4O4S. The van der Waals surface area contributed by atoms with E-state index in [1.165, 1.54) is 6.26 Å². The van der Waals surface area contributed by atoms with Crippen molar-refractivity contribution in [1.29, 1.82) is 4.78 Å². The molecule has 0 aromatic heterocycles. The second-order valence-electron chi connectivity index (χ2n) is 2.80. The smallest absolute Gasteiger partial charge is 0.352 e. The second kappa shape index (κ2) is 5.29. The molecule has 0 saturated carbocycles. The summed E-state index contributed by atoms with van der Waals surface area (Å²) in [6.45, 7) is 0. The molecule has 0 saturated heterocycles. The minimum atomic E-state index is -2.78. The quantitative estimate of drug-likeness (QED) is 0.364. The number of carbonyl (C=O) groups is 2. The zero-order valence-electron chi connectivity index (χ0n) is 8.02. The van der Waals surface area contributed by atoms with Gasteiger partial charge in [-0.15, -0.1) is 0 Å². The molecule has 0 aliphatic carbocycles. The Hall–Kier alpha value is -1.64. The molecule has 0 aliphatic rings. The van der Waals surface area contributed by atoms with Gasteiger partial charge in [0.1, 0.15) is 5.71 Å². The molecule has 0 heterocycles. The minimum absolute atomic E-state index is 0.140. The van der Waals surface area contributed by atoms with Crippen LogP contribution in [0.5, 0.6) is 0 Å². The fraction of sp³-hybridized carbons (Fsp3) is 0.500. The van der Waals surface area contributed by atoms with Crippen LogP contribution in [0.25, 0.3) is 0 Å². The number of carbonyl (C=O) groups excluding carboxylic acids is 1. The highest BCUT2D eigenvalue weighted by Gasteiger charge is 2.12. The Morgan fingerprint density at radius 3 is 2.47 bits per heavy atom. The van der Waals surface area contributed by atoms with E-state index in [9.17, 15) is 13.8 Å². The molecule has 0 fully saturated rings. The predicted octanol–water partition coefficient (Wildman–Crippen LogP) is -0.838. The number of aliphatic carboxylic acids is 1. The summed E-state index contributed by atoms with van der Waals surface area (Å²) in [4.78, 5) is 20.8. The molecule has 9 heteroatoms. The third-order valence-electron chi connectivity index (χ3n) is 1.28. The average Bonchev–Trinajstić information content (AvgIpc) is 2.00.